The van der Waals surface area contributed by atoms with Crippen molar-refractivity contribution in [3.8, 4) is 0 Å². The van der Waals surface area contributed by atoms with Crippen LogP contribution in [0, 0.1) is 0 Å². The number of carbonyl (C=O) groups is 2. The number of benzene rings is 1. The van der Waals surface area contributed by atoms with Crippen molar-refractivity contribution in [3.63, 3.8) is 0 Å². The van der Waals surface area contributed by atoms with Crippen LogP contribution in [0.2, 0.25) is 0 Å². The molecule has 1 aromatic heterocycles. The number of fused-ring (bicyclic) bond motifs is 1. The Morgan fingerprint density at radius 3 is 2.70 bits per heavy atom. The van der Waals surface area contributed by atoms with E-state index in [0.29, 0.717) is 35.9 Å². The second-order valence-electron chi connectivity index (χ2n) is 5.51. The number of aromatic carboxylic acids is 1. The highest BCUT2D eigenvalue weighted by Gasteiger charge is 2.34. The van der Waals surface area contributed by atoms with Gasteiger partial charge in [0, 0.05) is 11.1 Å². The van der Waals surface area contributed by atoms with Gasteiger partial charge in [0.1, 0.15) is 10.8 Å². The van der Waals surface area contributed by atoms with Gasteiger partial charge in [-0.25, -0.2) is 13.2 Å². The maximum Gasteiger partial charge on any atom is 0.371 e. The zero-order valence-electron chi connectivity index (χ0n) is 12.1. The van der Waals surface area contributed by atoms with E-state index in [0.717, 1.165) is 0 Å². The van der Waals surface area contributed by atoms with Crippen LogP contribution in [0.1, 0.15) is 29.8 Å². The molecule has 0 radical (unpaired) electrons. The lowest BCUT2D eigenvalue weighted by Crippen LogP contribution is -2.39. The lowest BCUT2D eigenvalue weighted by atomic mass is 10.1. The molecule has 1 atom stereocenters. The molecule has 0 spiro atoms. The summed E-state index contributed by atoms with van der Waals surface area (Å²) in [5.41, 5.74) is 0.784. The van der Waals surface area contributed by atoms with E-state index in [2.05, 4.69) is 5.32 Å². The minimum atomic E-state index is -3.40. The molecule has 2 N–H and O–H groups in total. The van der Waals surface area contributed by atoms with Crippen molar-refractivity contribution in [2.45, 2.75) is 24.5 Å². The zero-order chi connectivity index (χ0) is 16.6. The molecule has 1 aliphatic heterocycles. The van der Waals surface area contributed by atoms with E-state index < -0.39 is 27.0 Å². The number of amides is 1. The summed E-state index contributed by atoms with van der Waals surface area (Å²) in [6, 6.07) is 5.99. The first-order valence-electron chi connectivity index (χ1n) is 7.16. The van der Waals surface area contributed by atoms with Crippen LogP contribution in [0.25, 0.3) is 11.0 Å². The first kappa shape index (κ1) is 15.5. The Balaban J connectivity index is 1.83. The van der Waals surface area contributed by atoms with Gasteiger partial charge in [0.05, 0.1) is 5.75 Å². The lowest BCUT2D eigenvalue weighted by molar-refractivity contribution is -0.116. The van der Waals surface area contributed by atoms with Crippen molar-refractivity contribution in [2.24, 2.45) is 0 Å². The molecule has 1 fully saturated rings. The normalized spacial score (nSPS) is 20.3. The molecular formula is C15H15NO6S. The van der Waals surface area contributed by atoms with Crippen LogP contribution in [0.4, 0.5) is 5.69 Å². The predicted molar refractivity (Wildman–Crippen MR) is 83.2 cm³/mol. The summed E-state index contributed by atoms with van der Waals surface area (Å²) in [6.45, 7) is 0. The number of carboxylic acid groups (broad SMARTS) is 1. The van der Waals surface area contributed by atoms with Crippen molar-refractivity contribution in [1.82, 2.24) is 0 Å². The quantitative estimate of drug-likeness (QED) is 0.886. The molecule has 0 saturated carbocycles. The van der Waals surface area contributed by atoms with Crippen LogP contribution < -0.4 is 5.32 Å². The molecule has 8 heteroatoms. The van der Waals surface area contributed by atoms with Crippen LogP contribution in [0.5, 0.6) is 0 Å². The Labute approximate surface area is 132 Å². The molecule has 2 aromatic rings. The molecule has 1 saturated heterocycles. The topological polar surface area (TPSA) is 114 Å². The Bertz CT molecular complexity index is 883. The monoisotopic (exact) mass is 337 g/mol. The molecule has 7 nitrogen and oxygen atoms in total. The molecule has 122 valence electrons. The number of hydrogen-bond donors (Lipinski definition) is 2. The van der Waals surface area contributed by atoms with Crippen molar-refractivity contribution in [2.75, 3.05) is 11.1 Å². The van der Waals surface area contributed by atoms with Crippen molar-refractivity contribution in [3.05, 3.63) is 30.0 Å². The standard InChI is InChI=1S/C15H15NO6S/c17-14(13-3-1-2-6-23(13,20)21)16-10-4-5-11-9(7-10)8-12(22-11)15(18)19/h4-5,7-8,13H,1-3,6H2,(H,16,17)(H,18,19). The summed E-state index contributed by atoms with van der Waals surface area (Å²) in [7, 11) is -3.40. The minimum absolute atomic E-state index is 0.0355. The molecule has 0 bridgehead atoms. The molecule has 1 aliphatic rings. The number of carbonyl (C=O) groups excluding carboxylic acids is 1. The van der Waals surface area contributed by atoms with E-state index in [-0.39, 0.29) is 11.5 Å². The Kier molecular flexibility index (Phi) is 3.85. The fourth-order valence-corrected chi connectivity index (χ4v) is 4.50. The third-order valence-corrected chi connectivity index (χ3v) is 6.04. The first-order chi connectivity index (χ1) is 10.9. The van der Waals surface area contributed by atoms with Crippen LogP contribution in [-0.4, -0.2) is 36.4 Å². The highest BCUT2D eigenvalue weighted by molar-refractivity contribution is 7.92. The highest BCUT2D eigenvalue weighted by atomic mass is 32.2. The second-order valence-corrected chi connectivity index (χ2v) is 7.81. The van der Waals surface area contributed by atoms with Gasteiger partial charge in [0.2, 0.25) is 11.7 Å². The number of nitrogens with one attached hydrogen (secondary N) is 1. The summed E-state index contributed by atoms with van der Waals surface area (Å²) in [4.78, 5) is 23.1. The first-order valence-corrected chi connectivity index (χ1v) is 8.88. The summed E-state index contributed by atoms with van der Waals surface area (Å²) < 4.78 is 29.1. The van der Waals surface area contributed by atoms with Gasteiger partial charge >= 0.3 is 5.97 Å². The summed E-state index contributed by atoms with van der Waals surface area (Å²) >= 11 is 0. The van der Waals surface area contributed by atoms with Gasteiger partial charge in [-0.15, -0.1) is 0 Å². The van der Waals surface area contributed by atoms with Crippen LogP contribution in [0.3, 0.4) is 0 Å². The smallest absolute Gasteiger partial charge is 0.371 e. The maximum atomic E-state index is 12.2. The van der Waals surface area contributed by atoms with E-state index in [4.69, 9.17) is 9.52 Å². The van der Waals surface area contributed by atoms with E-state index in [1.165, 1.54) is 12.1 Å². The third kappa shape index (κ3) is 3.07. The number of carboxylic acids is 1. The SMILES string of the molecule is O=C(O)c1cc2cc(NC(=O)C3CCCCS3(=O)=O)ccc2o1. The van der Waals surface area contributed by atoms with Gasteiger partial charge in [-0.3, -0.25) is 4.79 Å². The molecule has 0 aliphatic carbocycles. The molecule has 23 heavy (non-hydrogen) atoms. The molecule has 1 unspecified atom stereocenters. The molecular weight excluding hydrogens is 322 g/mol. The van der Waals surface area contributed by atoms with Crippen molar-refractivity contribution < 1.29 is 27.5 Å². The molecule has 2 heterocycles. The third-order valence-electron chi connectivity index (χ3n) is 3.87. The van der Waals surface area contributed by atoms with E-state index in [1.54, 1.807) is 12.1 Å². The molecule has 1 aromatic carbocycles. The molecule has 3 rings (SSSR count). The van der Waals surface area contributed by atoms with Gasteiger partial charge in [-0.2, -0.15) is 0 Å². The van der Waals surface area contributed by atoms with Crippen LogP contribution in [0.15, 0.2) is 28.7 Å². The van der Waals surface area contributed by atoms with Gasteiger partial charge < -0.3 is 14.8 Å². The molecule has 1 amide bonds. The Morgan fingerprint density at radius 1 is 1.22 bits per heavy atom. The van der Waals surface area contributed by atoms with Crippen LogP contribution in [-0.2, 0) is 14.6 Å². The average molecular weight is 337 g/mol. The van der Waals surface area contributed by atoms with Crippen LogP contribution >= 0.6 is 0 Å². The van der Waals surface area contributed by atoms with E-state index >= 15 is 0 Å². The summed E-state index contributed by atoms with van der Waals surface area (Å²) in [5.74, 6) is -1.89. The van der Waals surface area contributed by atoms with Gasteiger partial charge in [0.25, 0.3) is 0 Å². The summed E-state index contributed by atoms with van der Waals surface area (Å²) in [5, 5.41) is 11.0. The van der Waals surface area contributed by atoms with Gasteiger partial charge in [-0.1, -0.05) is 6.42 Å². The minimum Gasteiger partial charge on any atom is -0.475 e. The number of hydrogen-bond acceptors (Lipinski definition) is 5. The number of rotatable bonds is 3. The fraction of sp³-hybridized carbons (Fsp3) is 0.333. The fourth-order valence-electron chi connectivity index (χ4n) is 2.70. The summed E-state index contributed by atoms with van der Waals surface area (Å²) in [6.07, 6.45) is 1.62. The second kappa shape index (κ2) is 5.69. The maximum absolute atomic E-state index is 12.2. The van der Waals surface area contributed by atoms with Gasteiger partial charge in [0.15, 0.2) is 9.84 Å². The highest BCUT2D eigenvalue weighted by Crippen LogP contribution is 2.25. The number of anilines is 1. The number of furan rings is 1. The van der Waals surface area contributed by atoms with E-state index in [1.807, 2.05) is 0 Å². The largest absolute Gasteiger partial charge is 0.475 e. The lowest BCUT2D eigenvalue weighted by Gasteiger charge is -2.21. The Morgan fingerprint density at radius 2 is 2.00 bits per heavy atom. The number of sulfone groups is 1. The van der Waals surface area contributed by atoms with Crippen molar-refractivity contribution >= 4 is 38.4 Å². The van der Waals surface area contributed by atoms with Crippen molar-refractivity contribution in [1.29, 1.82) is 0 Å². The zero-order valence-corrected chi connectivity index (χ0v) is 12.9. The van der Waals surface area contributed by atoms with E-state index in [9.17, 15) is 18.0 Å². The predicted octanol–water partition coefficient (Wildman–Crippen LogP) is 2.04. The van der Waals surface area contributed by atoms with Gasteiger partial charge in [-0.05, 0) is 37.1 Å². The Hall–Kier alpha value is -2.35. The average Bonchev–Trinajstić information content (AvgIpc) is 2.90.